The van der Waals surface area contributed by atoms with Crippen LogP contribution >= 0.6 is 0 Å². The van der Waals surface area contributed by atoms with Gasteiger partial charge >= 0.3 is 0 Å². The summed E-state index contributed by atoms with van der Waals surface area (Å²) in [6.45, 7) is 1.71. The van der Waals surface area contributed by atoms with Crippen LogP contribution in [-0.2, 0) is 11.3 Å². The molecule has 0 saturated heterocycles. The second kappa shape index (κ2) is 5.76. The van der Waals surface area contributed by atoms with Gasteiger partial charge in [0.05, 0.1) is 17.7 Å². The van der Waals surface area contributed by atoms with Crippen LogP contribution in [-0.4, -0.2) is 15.5 Å². The van der Waals surface area contributed by atoms with E-state index in [1.165, 1.54) is 10.9 Å². The van der Waals surface area contributed by atoms with E-state index in [0.717, 1.165) is 5.56 Å². The highest BCUT2D eigenvalue weighted by Gasteiger charge is 2.14. The fraction of sp³-hybridized carbons (Fsp3) is 0.143. The lowest BCUT2D eigenvalue weighted by atomic mass is 10.1. The van der Waals surface area contributed by atoms with Gasteiger partial charge in [0.1, 0.15) is 18.7 Å². The summed E-state index contributed by atoms with van der Waals surface area (Å²) in [5.41, 5.74) is 7.72. The molecule has 7 nitrogen and oxygen atoms in total. The summed E-state index contributed by atoms with van der Waals surface area (Å²) in [6, 6.07) is 8.98. The molecule has 0 spiro atoms. The number of aromatic nitrogens is 2. The molecule has 1 heterocycles. The Hall–Kier alpha value is -3.32. The zero-order valence-corrected chi connectivity index (χ0v) is 11.3. The summed E-state index contributed by atoms with van der Waals surface area (Å²) in [5, 5.41) is 20.5. The molecule has 3 N–H and O–H groups in total. The van der Waals surface area contributed by atoms with Crippen molar-refractivity contribution >= 4 is 17.3 Å². The number of aryl methyl sites for hydroxylation is 1. The van der Waals surface area contributed by atoms with Crippen LogP contribution in [0.15, 0.2) is 24.5 Å². The van der Waals surface area contributed by atoms with Gasteiger partial charge in [-0.15, -0.1) is 0 Å². The molecule has 7 heteroatoms. The number of rotatable bonds is 3. The summed E-state index contributed by atoms with van der Waals surface area (Å²) in [6.07, 6.45) is 1.29. The van der Waals surface area contributed by atoms with E-state index in [9.17, 15) is 4.79 Å². The highest BCUT2D eigenvalue weighted by molar-refractivity contribution is 5.94. The molecule has 0 radical (unpaired) electrons. The minimum Gasteiger partial charge on any atom is -0.397 e. The second-order valence-electron chi connectivity index (χ2n) is 4.38. The molecule has 1 amide bonds. The molecule has 0 atom stereocenters. The van der Waals surface area contributed by atoms with E-state index in [4.69, 9.17) is 16.3 Å². The maximum absolute atomic E-state index is 12.0. The first-order valence-electron chi connectivity index (χ1n) is 6.07. The number of hydrogen-bond acceptors (Lipinski definition) is 5. The summed E-state index contributed by atoms with van der Waals surface area (Å²) < 4.78 is 1.32. The maximum Gasteiger partial charge on any atom is 0.244 e. The second-order valence-corrected chi connectivity index (χ2v) is 4.38. The molecule has 2 aromatic rings. The molecule has 0 saturated carbocycles. The first kappa shape index (κ1) is 14.1. The number of imidazole rings is 1. The SMILES string of the molecule is Cc1cccc(N)c1NC(=O)Cn1cnc(C#N)c1C#N. The van der Waals surface area contributed by atoms with Crippen molar-refractivity contribution in [3.05, 3.63) is 41.5 Å². The van der Waals surface area contributed by atoms with Crippen molar-refractivity contribution in [3.8, 4) is 12.1 Å². The van der Waals surface area contributed by atoms with E-state index in [0.29, 0.717) is 11.4 Å². The number of nitrogens with zero attached hydrogens (tertiary/aromatic N) is 4. The zero-order chi connectivity index (χ0) is 15.4. The van der Waals surface area contributed by atoms with E-state index in [2.05, 4.69) is 10.3 Å². The fourth-order valence-corrected chi connectivity index (χ4v) is 1.90. The van der Waals surface area contributed by atoms with Gasteiger partial charge in [0, 0.05) is 0 Å². The molecule has 0 aliphatic rings. The number of anilines is 2. The van der Waals surface area contributed by atoms with Crippen LogP contribution in [0.4, 0.5) is 11.4 Å². The minimum atomic E-state index is -0.352. The third-order valence-corrected chi connectivity index (χ3v) is 2.93. The molecule has 2 rings (SSSR count). The summed E-state index contributed by atoms with van der Waals surface area (Å²) in [4.78, 5) is 15.8. The Labute approximate surface area is 121 Å². The topological polar surface area (TPSA) is 121 Å². The number of hydrogen-bond donors (Lipinski definition) is 2. The lowest BCUT2D eigenvalue weighted by Gasteiger charge is -2.11. The summed E-state index contributed by atoms with van der Waals surface area (Å²) in [7, 11) is 0. The number of nitrogens with one attached hydrogen (secondary N) is 1. The average molecular weight is 280 g/mol. The highest BCUT2D eigenvalue weighted by atomic mass is 16.1. The third-order valence-electron chi connectivity index (χ3n) is 2.93. The molecule has 104 valence electrons. The highest BCUT2D eigenvalue weighted by Crippen LogP contribution is 2.22. The van der Waals surface area contributed by atoms with Gasteiger partial charge in [-0.3, -0.25) is 4.79 Å². The van der Waals surface area contributed by atoms with Crippen LogP contribution in [0, 0.1) is 29.6 Å². The summed E-state index contributed by atoms with van der Waals surface area (Å²) in [5.74, 6) is -0.352. The van der Waals surface area contributed by atoms with Gasteiger partial charge in [-0.2, -0.15) is 10.5 Å². The Bertz CT molecular complexity index is 757. The van der Waals surface area contributed by atoms with Crippen molar-refractivity contribution in [1.29, 1.82) is 10.5 Å². The van der Waals surface area contributed by atoms with E-state index < -0.39 is 0 Å². The number of amides is 1. The number of carbonyl (C=O) groups excluding carboxylic acids is 1. The van der Waals surface area contributed by atoms with Crippen LogP contribution in [0.1, 0.15) is 17.0 Å². The normalized spacial score (nSPS) is 9.67. The first-order chi connectivity index (χ1) is 10.1. The molecule has 1 aromatic heterocycles. The van der Waals surface area contributed by atoms with E-state index in [-0.39, 0.29) is 23.8 Å². The quantitative estimate of drug-likeness (QED) is 0.817. The number of para-hydroxylation sites is 1. The molecular formula is C14H12N6O. The van der Waals surface area contributed by atoms with Crippen LogP contribution in [0.25, 0.3) is 0 Å². The van der Waals surface area contributed by atoms with Gasteiger partial charge in [-0.1, -0.05) is 12.1 Å². The van der Waals surface area contributed by atoms with Crippen LogP contribution in [0.2, 0.25) is 0 Å². The lowest BCUT2D eigenvalue weighted by Crippen LogP contribution is -2.20. The van der Waals surface area contributed by atoms with Gasteiger partial charge in [0.2, 0.25) is 5.91 Å². The number of nitrogen functional groups attached to an aromatic ring is 1. The Balaban J connectivity index is 2.19. The fourth-order valence-electron chi connectivity index (χ4n) is 1.90. The maximum atomic E-state index is 12.0. The van der Waals surface area contributed by atoms with Crippen molar-refractivity contribution in [3.63, 3.8) is 0 Å². The summed E-state index contributed by atoms with van der Waals surface area (Å²) >= 11 is 0. The van der Waals surface area contributed by atoms with E-state index in [1.807, 2.05) is 19.1 Å². The lowest BCUT2D eigenvalue weighted by molar-refractivity contribution is -0.116. The van der Waals surface area contributed by atoms with Crippen molar-refractivity contribution in [2.45, 2.75) is 13.5 Å². The predicted octanol–water partition coefficient (Wildman–Crippen LogP) is 1.16. The molecular weight excluding hydrogens is 268 g/mol. The molecule has 0 aliphatic heterocycles. The van der Waals surface area contributed by atoms with E-state index in [1.54, 1.807) is 18.2 Å². The van der Waals surface area contributed by atoms with Crippen molar-refractivity contribution in [1.82, 2.24) is 9.55 Å². The first-order valence-corrected chi connectivity index (χ1v) is 6.07. The van der Waals surface area contributed by atoms with Crippen molar-refractivity contribution in [2.75, 3.05) is 11.1 Å². The van der Waals surface area contributed by atoms with Gasteiger partial charge in [-0.25, -0.2) is 4.98 Å². The van der Waals surface area contributed by atoms with Gasteiger partial charge in [0.15, 0.2) is 11.4 Å². The average Bonchev–Trinajstić information content (AvgIpc) is 2.84. The van der Waals surface area contributed by atoms with Crippen LogP contribution in [0.5, 0.6) is 0 Å². The van der Waals surface area contributed by atoms with Crippen molar-refractivity contribution in [2.24, 2.45) is 0 Å². The number of nitriles is 2. The smallest absolute Gasteiger partial charge is 0.244 e. The Morgan fingerprint density at radius 1 is 1.43 bits per heavy atom. The number of carbonyl (C=O) groups is 1. The monoisotopic (exact) mass is 280 g/mol. The Kier molecular flexibility index (Phi) is 3.87. The molecule has 0 bridgehead atoms. The minimum absolute atomic E-state index is 0.000653. The molecule has 21 heavy (non-hydrogen) atoms. The number of nitrogens with two attached hydrogens (primary N) is 1. The van der Waals surface area contributed by atoms with E-state index >= 15 is 0 Å². The third kappa shape index (κ3) is 2.82. The van der Waals surface area contributed by atoms with Gasteiger partial charge in [0.25, 0.3) is 0 Å². The van der Waals surface area contributed by atoms with Crippen LogP contribution < -0.4 is 11.1 Å². The standard InChI is InChI=1S/C14H12N6O/c1-9-3-2-4-10(17)14(9)19-13(21)7-20-8-18-11(5-15)12(20)6-16/h2-4,8H,7,17H2,1H3,(H,19,21). The Morgan fingerprint density at radius 3 is 2.81 bits per heavy atom. The van der Waals surface area contributed by atoms with Gasteiger partial charge in [-0.05, 0) is 18.6 Å². The van der Waals surface area contributed by atoms with Crippen molar-refractivity contribution < 1.29 is 4.79 Å². The van der Waals surface area contributed by atoms with Crippen LogP contribution in [0.3, 0.4) is 0 Å². The Morgan fingerprint density at radius 2 is 2.19 bits per heavy atom. The largest absolute Gasteiger partial charge is 0.397 e. The molecule has 0 unspecified atom stereocenters. The predicted molar refractivity (Wildman–Crippen MR) is 75.9 cm³/mol. The molecule has 0 aliphatic carbocycles. The van der Waals surface area contributed by atoms with Gasteiger partial charge < -0.3 is 15.6 Å². The molecule has 1 aromatic carbocycles. The number of benzene rings is 1. The zero-order valence-electron chi connectivity index (χ0n) is 11.3. The molecule has 0 fully saturated rings.